The zero-order valence-corrected chi connectivity index (χ0v) is 25.2. The molecule has 0 saturated heterocycles. The van der Waals surface area contributed by atoms with Gasteiger partial charge in [0.25, 0.3) is 0 Å². The Bertz CT molecular complexity index is 2040. The predicted octanol–water partition coefficient (Wildman–Crippen LogP) is 10.1. The van der Waals surface area contributed by atoms with Crippen molar-refractivity contribution >= 4 is 38.7 Å². The lowest BCUT2D eigenvalue weighted by Gasteiger charge is -2.37. The third kappa shape index (κ3) is 4.52. The molecule has 0 radical (unpaired) electrons. The summed E-state index contributed by atoms with van der Waals surface area (Å²) >= 11 is 0. The van der Waals surface area contributed by atoms with Gasteiger partial charge in [-0.2, -0.15) is 13.2 Å². The van der Waals surface area contributed by atoms with Gasteiger partial charge in [0.15, 0.2) is 17.1 Å². The monoisotopic (exact) mass is 607 g/mol. The Kier molecular flexibility index (Phi) is 6.99. The summed E-state index contributed by atoms with van der Waals surface area (Å²) in [7, 11) is 3.16. The number of halogens is 3. The number of unbranched alkanes of at least 4 members (excludes halogenated alkanes) is 1. The van der Waals surface area contributed by atoms with Gasteiger partial charge in [-0.25, -0.2) is 0 Å². The van der Waals surface area contributed by atoms with Crippen molar-refractivity contribution in [2.75, 3.05) is 14.2 Å². The largest absolute Gasteiger partial charge is 0.493 e. The molecule has 0 fully saturated rings. The van der Waals surface area contributed by atoms with E-state index in [2.05, 4.69) is 19.1 Å². The summed E-state index contributed by atoms with van der Waals surface area (Å²) in [5.41, 5.74) is 2.46. The van der Waals surface area contributed by atoms with Crippen molar-refractivity contribution in [1.82, 2.24) is 4.57 Å². The highest BCUT2D eigenvalue weighted by molar-refractivity contribution is 6.25. The van der Waals surface area contributed by atoms with Gasteiger partial charge < -0.3 is 18.8 Å². The molecular weight excluding hydrogens is 575 g/mol. The Hall–Kier alpha value is -4.91. The zero-order valence-electron chi connectivity index (χ0n) is 25.2. The smallest absolute Gasteiger partial charge is 0.416 e. The number of methoxy groups -OCH3 is 2. The minimum Gasteiger partial charge on any atom is -0.493 e. The van der Waals surface area contributed by atoms with Crippen LogP contribution in [0.5, 0.6) is 17.2 Å². The first-order valence-corrected chi connectivity index (χ1v) is 15.0. The predicted molar refractivity (Wildman–Crippen MR) is 173 cm³/mol. The number of nitrogens with zero attached hydrogens (tertiary/aromatic N) is 1. The Balaban J connectivity index is 1.65. The summed E-state index contributed by atoms with van der Waals surface area (Å²) in [6, 6.07) is 27.9. The Morgan fingerprint density at radius 3 is 1.98 bits per heavy atom. The van der Waals surface area contributed by atoms with Crippen molar-refractivity contribution in [3.63, 3.8) is 0 Å². The number of rotatable bonds is 7. The third-order valence-corrected chi connectivity index (χ3v) is 8.82. The number of hydrogen-bond donors (Lipinski definition) is 0. The molecule has 1 aliphatic heterocycles. The second kappa shape index (κ2) is 10.9. The molecule has 1 aliphatic rings. The number of alkyl halides is 3. The highest BCUT2D eigenvalue weighted by Crippen LogP contribution is 2.52. The maximum absolute atomic E-state index is 14.0. The Labute approximate surface area is 259 Å². The number of aryl methyl sites for hydroxylation is 1. The molecule has 4 nitrogen and oxygen atoms in total. The summed E-state index contributed by atoms with van der Waals surface area (Å²) in [5, 5.41) is 3.19. The summed E-state index contributed by atoms with van der Waals surface area (Å²) in [4.78, 5) is 0. The fourth-order valence-electron chi connectivity index (χ4n) is 6.66. The van der Waals surface area contributed by atoms with Gasteiger partial charge in [-0.15, -0.1) is 0 Å². The number of ether oxygens (including phenoxy) is 3. The van der Waals surface area contributed by atoms with Gasteiger partial charge in [-0.05, 0) is 48.2 Å². The maximum Gasteiger partial charge on any atom is 0.416 e. The van der Waals surface area contributed by atoms with Crippen LogP contribution in [-0.4, -0.2) is 18.8 Å². The summed E-state index contributed by atoms with van der Waals surface area (Å²) in [5.74, 6) is 1.69. The average molecular weight is 608 g/mol. The molecule has 7 heteroatoms. The van der Waals surface area contributed by atoms with Gasteiger partial charge in [0.05, 0.1) is 25.3 Å². The van der Waals surface area contributed by atoms with Crippen LogP contribution in [0.3, 0.4) is 0 Å². The van der Waals surface area contributed by atoms with E-state index in [1.54, 1.807) is 20.3 Å². The molecule has 0 bridgehead atoms. The number of benzene rings is 5. The molecule has 0 N–H and O–H groups in total. The molecule has 7 rings (SSSR count). The molecule has 6 aromatic rings. The van der Waals surface area contributed by atoms with Crippen molar-refractivity contribution in [3.05, 3.63) is 119 Å². The van der Waals surface area contributed by atoms with Gasteiger partial charge in [0, 0.05) is 44.9 Å². The SMILES string of the molecule is CCCCn1c2cc(C(F)(F)F)ccc2c2c3cc(OC)c(OC)cc3c3c(c21)C=CC(c1ccccc1)(c1ccccc1)O3. The van der Waals surface area contributed by atoms with Gasteiger partial charge >= 0.3 is 6.18 Å². The van der Waals surface area contributed by atoms with Crippen molar-refractivity contribution in [2.24, 2.45) is 0 Å². The van der Waals surface area contributed by atoms with Crippen LogP contribution in [0, 0.1) is 0 Å². The van der Waals surface area contributed by atoms with E-state index in [0.717, 1.165) is 56.6 Å². The molecule has 0 unspecified atom stereocenters. The highest BCUT2D eigenvalue weighted by Gasteiger charge is 2.39. The summed E-state index contributed by atoms with van der Waals surface area (Å²) in [6.45, 7) is 2.63. The summed E-state index contributed by atoms with van der Waals surface area (Å²) in [6.07, 6.45) is 1.36. The normalized spacial score (nSPS) is 14.1. The van der Waals surface area contributed by atoms with Crippen molar-refractivity contribution in [2.45, 2.75) is 38.1 Å². The first kappa shape index (κ1) is 28.8. The average Bonchev–Trinajstić information content (AvgIpc) is 3.40. The van der Waals surface area contributed by atoms with Crippen LogP contribution in [0.15, 0.2) is 97.1 Å². The van der Waals surface area contributed by atoms with E-state index in [1.165, 1.54) is 12.1 Å². The first-order valence-electron chi connectivity index (χ1n) is 15.0. The van der Waals surface area contributed by atoms with Crippen molar-refractivity contribution in [1.29, 1.82) is 0 Å². The van der Waals surface area contributed by atoms with E-state index in [0.29, 0.717) is 29.3 Å². The lowest BCUT2D eigenvalue weighted by atomic mass is 9.83. The van der Waals surface area contributed by atoms with Gasteiger partial charge in [-0.3, -0.25) is 0 Å². The molecule has 45 heavy (non-hydrogen) atoms. The van der Waals surface area contributed by atoms with E-state index in [4.69, 9.17) is 14.2 Å². The van der Waals surface area contributed by atoms with Crippen LogP contribution in [0.2, 0.25) is 0 Å². The topological polar surface area (TPSA) is 32.6 Å². The first-order chi connectivity index (χ1) is 21.8. The van der Waals surface area contributed by atoms with Crippen molar-refractivity contribution < 1.29 is 27.4 Å². The quantitative estimate of drug-likeness (QED) is 0.181. The van der Waals surface area contributed by atoms with Gasteiger partial charge in [0.1, 0.15) is 5.75 Å². The molecule has 0 spiro atoms. The van der Waals surface area contributed by atoms with E-state index in [-0.39, 0.29) is 0 Å². The van der Waals surface area contributed by atoms with Crippen molar-refractivity contribution in [3.8, 4) is 17.2 Å². The van der Waals surface area contributed by atoms with Crippen LogP contribution in [-0.2, 0) is 18.3 Å². The standard InChI is InChI=1S/C38H32F3NO3/c1-4-5-20-42-31-21-26(38(39,40)41)16-17-27(31)34-29-22-32(43-2)33(44-3)23-30(29)36-28(35(34)42)18-19-37(45-36,24-12-8-6-9-13-24)25-14-10-7-11-15-25/h6-19,21-23H,4-5,20H2,1-3H3. The van der Waals surface area contributed by atoms with Crippen LogP contribution in [0.1, 0.15) is 42.0 Å². The molecule has 0 amide bonds. The zero-order chi connectivity index (χ0) is 31.3. The molecule has 2 heterocycles. The second-order valence-corrected chi connectivity index (χ2v) is 11.4. The Morgan fingerprint density at radius 1 is 0.778 bits per heavy atom. The van der Waals surface area contributed by atoms with E-state index in [9.17, 15) is 13.2 Å². The molecular formula is C38H32F3NO3. The van der Waals surface area contributed by atoms with E-state index in [1.807, 2.05) is 77.4 Å². The molecule has 0 aliphatic carbocycles. The van der Waals surface area contributed by atoms with E-state index < -0.39 is 17.3 Å². The summed E-state index contributed by atoms with van der Waals surface area (Å²) < 4.78 is 62.7. The minimum atomic E-state index is -4.47. The second-order valence-electron chi connectivity index (χ2n) is 11.4. The molecule has 228 valence electrons. The fraction of sp³-hybridized carbons (Fsp3) is 0.211. The molecule has 0 saturated carbocycles. The number of fused-ring (bicyclic) bond motifs is 8. The van der Waals surface area contributed by atoms with Gasteiger partial charge in [-0.1, -0.05) is 80.1 Å². The lowest BCUT2D eigenvalue weighted by molar-refractivity contribution is -0.137. The van der Waals surface area contributed by atoms with Gasteiger partial charge in [0.2, 0.25) is 0 Å². The van der Waals surface area contributed by atoms with Crippen LogP contribution in [0.4, 0.5) is 13.2 Å². The third-order valence-electron chi connectivity index (χ3n) is 8.82. The van der Waals surface area contributed by atoms with Crippen LogP contribution < -0.4 is 14.2 Å². The Morgan fingerprint density at radius 2 is 1.40 bits per heavy atom. The maximum atomic E-state index is 14.0. The number of aromatic nitrogens is 1. The molecule has 1 aromatic heterocycles. The molecule has 5 aromatic carbocycles. The minimum absolute atomic E-state index is 0.524. The number of hydrogen-bond acceptors (Lipinski definition) is 3. The van der Waals surface area contributed by atoms with Crippen LogP contribution in [0.25, 0.3) is 38.7 Å². The fourth-order valence-corrected chi connectivity index (χ4v) is 6.66. The van der Waals surface area contributed by atoms with E-state index >= 15 is 0 Å². The lowest BCUT2D eigenvalue weighted by Crippen LogP contribution is -2.34. The highest BCUT2D eigenvalue weighted by atomic mass is 19.4. The molecule has 0 atom stereocenters. The van der Waals surface area contributed by atoms with Crippen LogP contribution >= 0.6 is 0 Å².